The number of aromatic nitrogens is 4. The van der Waals surface area contributed by atoms with Gasteiger partial charge in [-0.1, -0.05) is 30.3 Å². The Balaban J connectivity index is 2.10. The molecule has 22 heavy (non-hydrogen) atoms. The number of hydrogen-bond donors (Lipinski definition) is 1. The number of nitrogens with one attached hydrogen (secondary N) is 1. The van der Waals surface area contributed by atoms with Gasteiger partial charge < -0.3 is 0 Å². The summed E-state index contributed by atoms with van der Waals surface area (Å²) in [4.78, 5) is 12.0. The highest BCUT2D eigenvalue weighted by molar-refractivity contribution is 5.75. The lowest BCUT2D eigenvalue weighted by atomic mass is 10.2. The second kappa shape index (κ2) is 5.07. The summed E-state index contributed by atoms with van der Waals surface area (Å²) in [5, 5.41) is 0. The lowest BCUT2D eigenvalue weighted by Crippen LogP contribution is -2.33. The van der Waals surface area contributed by atoms with Crippen molar-refractivity contribution >= 4 is 11.0 Å². The van der Waals surface area contributed by atoms with Crippen LogP contribution in [0.15, 0.2) is 67.1 Å². The summed E-state index contributed by atoms with van der Waals surface area (Å²) in [6.45, 7) is 2.00. The maximum Gasteiger partial charge on any atom is 0.292 e. The van der Waals surface area contributed by atoms with Gasteiger partial charge in [0.2, 0.25) is 0 Å². The van der Waals surface area contributed by atoms with Crippen LogP contribution >= 0.6 is 0 Å². The molecular formula is C18H15N4+. The van der Waals surface area contributed by atoms with E-state index in [1.807, 2.05) is 43.5 Å². The molecule has 0 aliphatic carbocycles. The van der Waals surface area contributed by atoms with Crippen molar-refractivity contribution in [2.24, 2.45) is 0 Å². The Labute approximate surface area is 128 Å². The summed E-state index contributed by atoms with van der Waals surface area (Å²) in [5.74, 6) is 1.03. The highest BCUT2D eigenvalue weighted by Gasteiger charge is 2.23. The van der Waals surface area contributed by atoms with Gasteiger partial charge in [0, 0.05) is 0 Å². The highest BCUT2D eigenvalue weighted by Crippen LogP contribution is 2.21. The number of hydrogen-bond acceptors (Lipinski definition) is 2. The SMILES string of the molecule is Cc1ncncc1-[n+]1c(-c2ccccc2)[nH]c2ccccc21. The van der Waals surface area contributed by atoms with Crippen molar-refractivity contribution in [1.29, 1.82) is 0 Å². The Bertz CT molecular complexity index is 942. The number of imidazole rings is 1. The van der Waals surface area contributed by atoms with Crippen LogP contribution in [0, 0.1) is 6.92 Å². The van der Waals surface area contributed by atoms with Crippen molar-refractivity contribution in [3.63, 3.8) is 0 Å². The van der Waals surface area contributed by atoms with Crippen LogP contribution in [0.25, 0.3) is 28.1 Å². The molecule has 0 bridgehead atoms. The molecule has 0 amide bonds. The molecule has 106 valence electrons. The van der Waals surface area contributed by atoms with Gasteiger partial charge in [0.15, 0.2) is 16.7 Å². The Morgan fingerprint density at radius 2 is 1.73 bits per heavy atom. The minimum Gasteiger partial charge on any atom is -0.240 e. The van der Waals surface area contributed by atoms with Crippen LogP contribution in [0.5, 0.6) is 0 Å². The van der Waals surface area contributed by atoms with Gasteiger partial charge >= 0.3 is 0 Å². The van der Waals surface area contributed by atoms with Gasteiger partial charge in [0.05, 0.1) is 17.5 Å². The average Bonchev–Trinajstić information content (AvgIpc) is 2.95. The fourth-order valence-corrected chi connectivity index (χ4v) is 2.73. The van der Waals surface area contributed by atoms with E-state index in [2.05, 4.69) is 43.8 Å². The zero-order valence-corrected chi connectivity index (χ0v) is 12.2. The Morgan fingerprint density at radius 3 is 2.55 bits per heavy atom. The summed E-state index contributed by atoms with van der Waals surface area (Å²) in [7, 11) is 0. The van der Waals surface area contributed by atoms with Crippen molar-refractivity contribution < 1.29 is 4.57 Å². The van der Waals surface area contributed by atoms with Gasteiger partial charge in [0.25, 0.3) is 5.82 Å². The predicted molar refractivity (Wildman–Crippen MR) is 85.6 cm³/mol. The summed E-state index contributed by atoms with van der Waals surface area (Å²) in [6, 6.07) is 18.6. The maximum atomic E-state index is 4.33. The topological polar surface area (TPSA) is 45.5 Å². The van der Waals surface area contributed by atoms with E-state index < -0.39 is 0 Å². The molecular weight excluding hydrogens is 272 g/mol. The van der Waals surface area contributed by atoms with Crippen molar-refractivity contribution in [2.45, 2.75) is 6.92 Å². The van der Waals surface area contributed by atoms with Gasteiger partial charge in [-0.05, 0) is 31.2 Å². The average molecular weight is 287 g/mol. The molecule has 2 heterocycles. The molecule has 2 aromatic carbocycles. The van der Waals surface area contributed by atoms with E-state index in [1.54, 1.807) is 6.33 Å². The van der Waals surface area contributed by atoms with Crippen LogP contribution in [-0.2, 0) is 0 Å². The number of aryl methyl sites for hydroxylation is 1. The summed E-state index contributed by atoms with van der Waals surface area (Å²) >= 11 is 0. The van der Waals surface area contributed by atoms with E-state index in [0.717, 1.165) is 33.8 Å². The van der Waals surface area contributed by atoms with Crippen LogP contribution < -0.4 is 4.57 Å². The molecule has 0 atom stereocenters. The van der Waals surface area contributed by atoms with Crippen LogP contribution in [0.1, 0.15) is 5.69 Å². The van der Waals surface area contributed by atoms with Crippen LogP contribution in [0.3, 0.4) is 0 Å². The largest absolute Gasteiger partial charge is 0.292 e. The molecule has 0 fully saturated rings. The first-order valence-corrected chi connectivity index (χ1v) is 7.20. The van der Waals surface area contributed by atoms with Gasteiger partial charge in [0.1, 0.15) is 6.33 Å². The smallest absolute Gasteiger partial charge is 0.240 e. The predicted octanol–water partition coefficient (Wildman–Crippen LogP) is 3.21. The molecule has 2 aromatic heterocycles. The van der Waals surface area contributed by atoms with Crippen molar-refractivity contribution in [3.8, 4) is 17.1 Å². The molecule has 0 aliphatic heterocycles. The van der Waals surface area contributed by atoms with Crippen LogP contribution in [-0.4, -0.2) is 15.0 Å². The molecule has 0 saturated heterocycles. The van der Waals surface area contributed by atoms with Crippen LogP contribution in [0.2, 0.25) is 0 Å². The number of para-hydroxylation sites is 2. The normalized spacial score (nSPS) is 11.0. The fourth-order valence-electron chi connectivity index (χ4n) is 2.73. The molecule has 0 unspecified atom stereocenters. The van der Waals surface area contributed by atoms with E-state index in [4.69, 9.17) is 0 Å². The van der Waals surface area contributed by atoms with Gasteiger partial charge in [-0.2, -0.15) is 4.57 Å². The van der Waals surface area contributed by atoms with E-state index in [0.29, 0.717) is 0 Å². The number of fused-ring (bicyclic) bond motifs is 1. The number of benzene rings is 2. The third-order valence-electron chi connectivity index (χ3n) is 3.80. The minimum atomic E-state index is 0.946. The Kier molecular flexibility index (Phi) is 2.93. The van der Waals surface area contributed by atoms with Crippen molar-refractivity contribution in [3.05, 3.63) is 72.8 Å². The van der Waals surface area contributed by atoms with E-state index in [1.165, 1.54) is 0 Å². The number of aromatic amines is 1. The minimum absolute atomic E-state index is 0.946. The molecule has 0 aliphatic rings. The monoisotopic (exact) mass is 287 g/mol. The first-order chi connectivity index (χ1) is 10.8. The van der Waals surface area contributed by atoms with Gasteiger partial charge in [-0.25, -0.2) is 15.0 Å². The maximum absolute atomic E-state index is 4.33. The molecule has 4 rings (SSSR count). The van der Waals surface area contributed by atoms with Crippen LogP contribution in [0.4, 0.5) is 0 Å². The third-order valence-corrected chi connectivity index (χ3v) is 3.80. The lowest BCUT2D eigenvalue weighted by Gasteiger charge is -2.03. The second-order valence-corrected chi connectivity index (χ2v) is 5.19. The fraction of sp³-hybridized carbons (Fsp3) is 0.0556. The molecule has 4 heteroatoms. The summed E-state index contributed by atoms with van der Waals surface area (Å²) in [5.41, 5.74) is 5.26. The third kappa shape index (κ3) is 1.97. The Morgan fingerprint density at radius 1 is 0.955 bits per heavy atom. The zero-order chi connectivity index (χ0) is 14.9. The first kappa shape index (κ1) is 12.7. The highest BCUT2D eigenvalue weighted by atomic mass is 15.1. The molecule has 0 radical (unpaired) electrons. The number of H-pyrrole nitrogens is 1. The molecule has 4 nitrogen and oxygen atoms in total. The van der Waals surface area contributed by atoms with Gasteiger partial charge in [-0.3, -0.25) is 0 Å². The summed E-state index contributed by atoms with van der Waals surface area (Å²) in [6.07, 6.45) is 3.44. The second-order valence-electron chi connectivity index (χ2n) is 5.19. The standard InChI is InChI=1S/C18H14N4/c1-13-17(11-19-12-20-13)22-16-10-6-5-9-15(16)21-18(22)14-7-3-2-4-8-14/h2-12H,1H3/p+1. The Hall–Kier alpha value is -3.01. The van der Waals surface area contributed by atoms with Crippen molar-refractivity contribution in [1.82, 2.24) is 15.0 Å². The van der Waals surface area contributed by atoms with Gasteiger partial charge in [-0.15, -0.1) is 0 Å². The molecule has 0 spiro atoms. The lowest BCUT2D eigenvalue weighted by molar-refractivity contribution is -0.555. The molecule has 0 saturated carbocycles. The molecule has 1 N–H and O–H groups in total. The van der Waals surface area contributed by atoms with E-state index >= 15 is 0 Å². The summed E-state index contributed by atoms with van der Waals surface area (Å²) < 4.78 is 2.18. The number of rotatable bonds is 2. The zero-order valence-electron chi connectivity index (χ0n) is 12.2. The number of nitrogens with zero attached hydrogens (tertiary/aromatic N) is 3. The van der Waals surface area contributed by atoms with Crippen molar-refractivity contribution in [2.75, 3.05) is 0 Å². The molecule has 4 aromatic rings. The first-order valence-electron chi connectivity index (χ1n) is 7.20. The van der Waals surface area contributed by atoms with E-state index in [-0.39, 0.29) is 0 Å². The van der Waals surface area contributed by atoms with E-state index in [9.17, 15) is 0 Å². The quantitative estimate of drug-likeness (QED) is 0.575.